The van der Waals surface area contributed by atoms with Gasteiger partial charge in [0.15, 0.2) is 6.29 Å². The summed E-state index contributed by atoms with van der Waals surface area (Å²) in [7, 11) is 0. The average molecular weight is 245 g/mol. The monoisotopic (exact) mass is 245 g/mol. The summed E-state index contributed by atoms with van der Waals surface area (Å²) in [6.45, 7) is 5.05. The van der Waals surface area contributed by atoms with Crippen LogP contribution in [0.3, 0.4) is 0 Å². The summed E-state index contributed by atoms with van der Waals surface area (Å²) >= 11 is 0. The molecule has 0 saturated carbocycles. The van der Waals surface area contributed by atoms with E-state index in [1.54, 1.807) is 0 Å². The number of hydrogen-bond acceptors (Lipinski definition) is 2. The Kier molecular flexibility index (Phi) is 4.15. The first kappa shape index (κ1) is 13.5. The molecule has 0 bridgehead atoms. The van der Waals surface area contributed by atoms with E-state index in [4.69, 9.17) is 0 Å². The molecule has 0 aliphatic rings. The van der Waals surface area contributed by atoms with Crippen molar-refractivity contribution in [3.05, 3.63) is 29.3 Å². The Morgan fingerprint density at radius 2 is 1.82 bits per heavy atom. The smallest absolute Gasteiger partial charge is 0.372 e. The predicted octanol–water partition coefficient (Wildman–Crippen LogP) is 3.36. The van der Waals surface area contributed by atoms with Crippen molar-refractivity contribution in [2.24, 2.45) is 0 Å². The molecular weight excluding hydrogens is 231 g/mol. The number of alkyl halides is 3. The zero-order chi connectivity index (χ0) is 13.1. The van der Waals surface area contributed by atoms with Crippen LogP contribution < -0.4 is 4.90 Å². The Morgan fingerprint density at radius 3 is 2.24 bits per heavy atom. The molecule has 0 radical (unpaired) electrons. The van der Waals surface area contributed by atoms with E-state index in [0.717, 1.165) is 12.1 Å². The van der Waals surface area contributed by atoms with Crippen LogP contribution in [0, 0.1) is 0 Å². The molecule has 0 saturated heterocycles. The van der Waals surface area contributed by atoms with Gasteiger partial charge in [-0.05, 0) is 32.0 Å². The summed E-state index contributed by atoms with van der Waals surface area (Å²) in [5, 5.41) is 0. The van der Waals surface area contributed by atoms with E-state index in [0.29, 0.717) is 25.1 Å². The SMILES string of the molecule is CCN(CC)c1ccc(C(F)(F)F)cc1C=O. The number of hydrogen-bond donors (Lipinski definition) is 0. The molecule has 17 heavy (non-hydrogen) atoms. The number of nitrogens with zero attached hydrogens (tertiary/aromatic N) is 1. The lowest BCUT2D eigenvalue weighted by Crippen LogP contribution is -2.23. The third-order valence-electron chi connectivity index (χ3n) is 2.59. The maximum atomic E-state index is 12.5. The third-order valence-corrected chi connectivity index (χ3v) is 2.59. The Balaban J connectivity index is 3.23. The average Bonchev–Trinajstić information content (AvgIpc) is 2.29. The first-order valence-electron chi connectivity index (χ1n) is 5.35. The van der Waals surface area contributed by atoms with Crippen molar-refractivity contribution in [1.82, 2.24) is 0 Å². The van der Waals surface area contributed by atoms with Crippen LogP contribution in [0.1, 0.15) is 29.8 Å². The Hall–Kier alpha value is -1.52. The largest absolute Gasteiger partial charge is 0.416 e. The molecule has 0 heterocycles. The van der Waals surface area contributed by atoms with Gasteiger partial charge in [-0.15, -0.1) is 0 Å². The number of carbonyl (C=O) groups excluding carboxylic acids is 1. The molecule has 0 atom stereocenters. The van der Waals surface area contributed by atoms with Crippen molar-refractivity contribution in [2.45, 2.75) is 20.0 Å². The molecule has 94 valence electrons. The molecule has 0 amide bonds. The molecule has 1 aromatic carbocycles. The highest BCUT2D eigenvalue weighted by atomic mass is 19.4. The van der Waals surface area contributed by atoms with Gasteiger partial charge in [0.25, 0.3) is 0 Å². The normalized spacial score (nSPS) is 11.4. The summed E-state index contributed by atoms with van der Waals surface area (Å²) in [6.07, 6.45) is -3.96. The van der Waals surface area contributed by atoms with Crippen molar-refractivity contribution in [3.8, 4) is 0 Å². The van der Waals surface area contributed by atoms with Crippen molar-refractivity contribution in [2.75, 3.05) is 18.0 Å². The van der Waals surface area contributed by atoms with E-state index in [1.165, 1.54) is 6.07 Å². The fourth-order valence-electron chi connectivity index (χ4n) is 1.68. The zero-order valence-electron chi connectivity index (χ0n) is 9.71. The highest BCUT2D eigenvalue weighted by Gasteiger charge is 2.31. The number of benzene rings is 1. The molecule has 0 aliphatic carbocycles. The second-order valence-electron chi connectivity index (χ2n) is 3.56. The van der Waals surface area contributed by atoms with Crippen LogP contribution in [0.4, 0.5) is 18.9 Å². The van der Waals surface area contributed by atoms with Gasteiger partial charge in [0.05, 0.1) is 5.56 Å². The van der Waals surface area contributed by atoms with Crippen LogP contribution in [-0.4, -0.2) is 19.4 Å². The topological polar surface area (TPSA) is 20.3 Å². The first-order valence-corrected chi connectivity index (χ1v) is 5.35. The number of aldehydes is 1. The van der Waals surface area contributed by atoms with E-state index in [-0.39, 0.29) is 5.56 Å². The van der Waals surface area contributed by atoms with Gasteiger partial charge in [0.1, 0.15) is 0 Å². The minimum atomic E-state index is -4.42. The van der Waals surface area contributed by atoms with E-state index in [1.807, 2.05) is 18.7 Å². The second kappa shape index (κ2) is 5.21. The Labute approximate surface area is 98.0 Å². The van der Waals surface area contributed by atoms with Crippen LogP contribution in [0.2, 0.25) is 0 Å². The molecule has 0 aromatic heterocycles. The van der Waals surface area contributed by atoms with Crippen molar-refractivity contribution in [3.63, 3.8) is 0 Å². The number of rotatable bonds is 4. The molecule has 0 unspecified atom stereocenters. The van der Waals surface area contributed by atoms with Gasteiger partial charge < -0.3 is 4.90 Å². The maximum absolute atomic E-state index is 12.5. The second-order valence-corrected chi connectivity index (χ2v) is 3.56. The minimum absolute atomic E-state index is 0.0727. The molecule has 0 spiro atoms. The fraction of sp³-hybridized carbons (Fsp3) is 0.417. The van der Waals surface area contributed by atoms with Crippen LogP contribution in [0.5, 0.6) is 0 Å². The standard InChI is InChI=1S/C12H14F3NO/c1-3-16(4-2)11-6-5-10(12(13,14)15)7-9(11)8-17/h5-8H,3-4H2,1-2H3. The van der Waals surface area contributed by atoms with Crippen LogP contribution >= 0.6 is 0 Å². The van der Waals surface area contributed by atoms with Crippen molar-refractivity contribution >= 4 is 12.0 Å². The van der Waals surface area contributed by atoms with E-state index in [9.17, 15) is 18.0 Å². The molecule has 0 N–H and O–H groups in total. The van der Waals surface area contributed by atoms with Crippen LogP contribution in [0.15, 0.2) is 18.2 Å². The summed E-state index contributed by atoms with van der Waals surface area (Å²) in [6, 6.07) is 3.24. The van der Waals surface area contributed by atoms with Gasteiger partial charge in [-0.2, -0.15) is 13.2 Å². The third kappa shape index (κ3) is 2.99. The summed E-state index contributed by atoms with van der Waals surface area (Å²) in [4.78, 5) is 12.7. The lowest BCUT2D eigenvalue weighted by atomic mass is 10.1. The zero-order valence-corrected chi connectivity index (χ0v) is 9.71. The highest BCUT2D eigenvalue weighted by molar-refractivity contribution is 5.85. The van der Waals surface area contributed by atoms with Gasteiger partial charge in [-0.1, -0.05) is 0 Å². The summed E-state index contributed by atoms with van der Waals surface area (Å²) in [5.41, 5.74) is -0.183. The van der Waals surface area contributed by atoms with Crippen LogP contribution in [0.25, 0.3) is 0 Å². The van der Waals surface area contributed by atoms with E-state index in [2.05, 4.69) is 0 Å². The van der Waals surface area contributed by atoms with Crippen molar-refractivity contribution < 1.29 is 18.0 Å². The van der Waals surface area contributed by atoms with Crippen molar-refractivity contribution in [1.29, 1.82) is 0 Å². The number of carbonyl (C=O) groups is 1. The van der Waals surface area contributed by atoms with Crippen LogP contribution in [-0.2, 0) is 6.18 Å². The highest BCUT2D eigenvalue weighted by Crippen LogP contribution is 2.32. The Bertz CT molecular complexity index is 397. The van der Waals surface area contributed by atoms with Gasteiger partial charge in [0, 0.05) is 24.3 Å². The van der Waals surface area contributed by atoms with Gasteiger partial charge in [-0.3, -0.25) is 4.79 Å². The molecule has 2 nitrogen and oxygen atoms in total. The molecule has 0 aliphatic heterocycles. The molecule has 1 aromatic rings. The molecular formula is C12H14F3NO. The van der Waals surface area contributed by atoms with Gasteiger partial charge >= 0.3 is 6.18 Å². The quantitative estimate of drug-likeness (QED) is 0.758. The minimum Gasteiger partial charge on any atom is -0.372 e. The van der Waals surface area contributed by atoms with E-state index >= 15 is 0 Å². The molecule has 0 fully saturated rings. The Morgan fingerprint density at radius 1 is 1.24 bits per heavy atom. The van der Waals surface area contributed by atoms with Gasteiger partial charge in [-0.25, -0.2) is 0 Å². The lowest BCUT2D eigenvalue weighted by Gasteiger charge is -2.23. The molecule has 1 rings (SSSR count). The summed E-state index contributed by atoms with van der Waals surface area (Å²) in [5.74, 6) is 0. The lowest BCUT2D eigenvalue weighted by molar-refractivity contribution is -0.137. The number of anilines is 1. The summed E-state index contributed by atoms with van der Waals surface area (Å²) < 4.78 is 37.4. The maximum Gasteiger partial charge on any atom is 0.416 e. The number of halogens is 3. The predicted molar refractivity (Wildman–Crippen MR) is 60.4 cm³/mol. The first-order chi connectivity index (χ1) is 7.93. The van der Waals surface area contributed by atoms with E-state index < -0.39 is 11.7 Å². The fourth-order valence-corrected chi connectivity index (χ4v) is 1.68. The molecule has 5 heteroatoms. The van der Waals surface area contributed by atoms with Gasteiger partial charge in [0.2, 0.25) is 0 Å².